The van der Waals surface area contributed by atoms with Crippen molar-refractivity contribution in [3.05, 3.63) is 59.4 Å². The second kappa shape index (κ2) is 4.79. The molecule has 2 saturated carbocycles. The number of nitrogens with zero attached hydrogens (tertiary/aromatic N) is 1. The minimum absolute atomic E-state index is 0.0746. The van der Waals surface area contributed by atoms with Crippen LogP contribution in [0.25, 0.3) is 0 Å². The summed E-state index contributed by atoms with van der Waals surface area (Å²) in [6.07, 6.45) is 2.41. The van der Waals surface area contributed by atoms with Crippen molar-refractivity contribution >= 4 is 33.0 Å². The summed E-state index contributed by atoms with van der Waals surface area (Å²) in [5, 5.41) is -0.126. The SMILES string of the molecule is Cc1ccc(S(=O)(=O)C[C@]2(Cl)C[C@@H]3c4cccnc4[C@H]4[C@@H](Cl)[C@@]342)cc1. The molecule has 5 atom stereocenters. The van der Waals surface area contributed by atoms with E-state index in [-0.39, 0.29) is 28.4 Å². The molecule has 2 aromatic rings. The number of hydrogen-bond acceptors (Lipinski definition) is 3. The van der Waals surface area contributed by atoms with Gasteiger partial charge < -0.3 is 0 Å². The van der Waals surface area contributed by atoms with Gasteiger partial charge in [0.2, 0.25) is 0 Å². The molecule has 3 aliphatic carbocycles. The van der Waals surface area contributed by atoms with Crippen LogP contribution < -0.4 is 0 Å². The maximum atomic E-state index is 12.9. The average Bonchev–Trinajstić information content (AvgIpc) is 3.13. The van der Waals surface area contributed by atoms with E-state index in [9.17, 15) is 8.42 Å². The first-order chi connectivity index (χ1) is 11.8. The van der Waals surface area contributed by atoms with Crippen LogP contribution in [0.1, 0.15) is 35.1 Å². The first kappa shape index (κ1) is 16.1. The van der Waals surface area contributed by atoms with Crippen LogP contribution in [0, 0.1) is 12.3 Å². The third kappa shape index (κ3) is 1.83. The summed E-state index contributed by atoms with van der Waals surface area (Å²) in [7, 11) is -3.47. The van der Waals surface area contributed by atoms with E-state index < -0.39 is 14.7 Å². The van der Waals surface area contributed by atoms with Gasteiger partial charge in [-0.05, 0) is 43.0 Å². The lowest BCUT2D eigenvalue weighted by molar-refractivity contribution is 0.160. The molecule has 0 unspecified atom stereocenters. The maximum absolute atomic E-state index is 12.9. The topological polar surface area (TPSA) is 47.0 Å². The number of aromatic nitrogens is 1. The zero-order valence-electron chi connectivity index (χ0n) is 13.6. The summed E-state index contributed by atoms with van der Waals surface area (Å²) < 4.78 is 25.9. The van der Waals surface area contributed by atoms with Crippen molar-refractivity contribution in [2.45, 2.75) is 40.3 Å². The van der Waals surface area contributed by atoms with Crippen LogP contribution in [-0.2, 0) is 9.84 Å². The van der Waals surface area contributed by atoms with E-state index in [2.05, 4.69) is 11.1 Å². The number of fused-ring (bicyclic) bond motifs is 3. The molecule has 3 aliphatic rings. The van der Waals surface area contributed by atoms with E-state index in [0.717, 1.165) is 11.3 Å². The van der Waals surface area contributed by atoms with Gasteiger partial charge in [0.15, 0.2) is 9.84 Å². The highest BCUT2D eigenvalue weighted by Crippen LogP contribution is 2.87. The van der Waals surface area contributed by atoms with Crippen LogP contribution in [0.5, 0.6) is 0 Å². The molecule has 1 spiro atoms. The summed E-state index contributed by atoms with van der Waals surface area (Å²) in [6, 6.07) is 11.0. The zero-order valence-corrected chi connectivity index (χ0v) is 15.9. The van der Waals surface area contributed by atoms with Crippen molar-refractivity contribution in [3.63, 3.8) is 0 Å². The predicted molar refractivity (Wildman–Crippen MR) is 98.2 cm³/mol. The Morgan fingerprint density at radius 3 is 2.68 bits per heavy atom. The average molecular weight is 394 g/mol. The molecule has 0 bridgehead atoms. The number of hydrogen-bond donors (Lipinski definition) is 0. The van der Waals surface area contributed by atoms with E-state index in [1.807, 2.05) is 25.1 Å². The Hall–Kier alpha value is -1.10. The molecule has 2 fully saturated rings. The molecule has 5 rings (SSSR count). The molecule has 3 nitrogen and oxygen atoms in total. The standard InChI is InChI=1S/C19H17Cl2NO2S/c1-11-4-6-12(7-5-11)25(23,24)10-18(21)9-14-13-3-2-8-22-16(13)15-17(20)19(14,15)18/h2-8,14-15,17H,9-10H2,1H3/t14-,15+,17-,18-,19-/m1/s1. The van der Waals surface area contributed by atoms with Gasteiger partial charge in [0, 0.05) is 23.2 Å². The molecular weight excluding hydrogens is 377 g/mol. The molecule has 1 heterocycles. The van der Waals surface area contributed by atoms with E-state index >= 15 is 0 Å². The molecule has 1 aromatic carbocycles. The van der Waals surface area contributed by atoms with Gasteiger partial charge in [-0.15, -0.1) is 23.2 Å². The molecular formula is C19H17Cl2NO2S. The van der Waals surface area contributed by atoms with Gasteiger partial charge in [0.1, 0.15) is 0 Å². The Kier molecular flexibility index (Phi) is 3.08. The highest BCUT2D eigenvalue weighted by Gasteiger charge is 2.87. The summed E-state index contributed by atoms with van der Waals surface area (Å²) in [6.45, 7) is 1.94. The van der Waals surface area contributed by atoms with Gasteiger partial charge in [-0.3, -0.25) is 4.98 Å². The molecule has 0 N–H and O–H groups in total. The van der Waals surface area contributed by atoms with Gasteiger partial charge in [-0.2, -0.15) is 0 Å². The molecule has 0 saturated heterocycles. The first-order valence-electron chi connectivity index (χ1n) is 8.38. The lowest BCUT2D eigenvalue weighted by Gasteiger charge is -2.51. The highest BCUT2D eigenvalue weighted by atomic mass is 35.5. The minimum Gasteiger partial charge on any atom is -0.261 e. The van der Waals surface area contributed by atoms with Crippen LogP contribution in [0.2, 0.25) is 0 Å². The molecule has 0 aliphatic heterocycles. The summed E-state index contributed by atoms with van der Waals surface area (Å²) in [5.41, 5.74) is 2.89. The van der Waals surface area contributed by atoms with E-state index in [0.29, 0.717) is 11.3 Å². The zero-order chi connectivity index (χ0) is 17.6. The van der Waals surface area contributed by atoms with E-state index in [1.165, 1.54) is 5.56 Å². The number of pyridine rings is 1. The monoisotopic (exact) mass is 393 g/mol. The van der Waals surface area contributed by atoms with Crippen molar-refractivity contribution < 1.29 is 8.42 Å². The van der Waals surface area contributed by atoms with Crippen LogP contribution in [0.4, 0.5) is 0 Å². The van der Waals surface area contributed by atoms with Crippen LogP contribution >= 0.6 is 23.2 Å². The van der Waals surface area contributed by atoms with Gasteiger partial charge in [-0.25, -0.2) is 8.42 Å². The summed E-state index contributed by atoms with van der Waals surface area (Å²) in [5.74, 6) is 0.235. The number of sulfone groups is 1. The van der Waals surface area contributed by atoms with Gasteiger partial charge in [0.25, 0.3) is 0 Å². The molecule has 0 amide bonds. The molecule has 25 heavy (non-hydrogen) atoms. The van der Waals surface area contributed by atoms with Crippen molar-refractivity contribution in [1.82, 2.24) is 4.98 Å². The summed E-state index contributed by atoms with van der Waals surface area (Å²) >= 11 is 13.6. The van der Waals surface area contributed by atoms with E-state index in [4.69, 9.17) is 23.2 Å². The van der Waals surface area contributed by atoms with Crippen LogP contribution in [0.15, 0.2) is 47.5 Å². The van der Waals surface area contributed by atoms with Crippen LogP contribution in [0.3, 0.4) is 0 Å². The van der Waals surface area contributed by atoms with Gasteiger partial charge >= 0.3 is 0 Å². The van der Waals surface area contributed by atoms with Crippen molar-refractivity contribution in [3.8, 4) is 0 Å². The normalized spacial score (nSPS) is 37.6. The molecule has 1 aromatic heterocycles. The molecule has 0 radical (unpaired) electrons. The second-order valence-corrected chi connectivity index (χ2v) is 10.8. The Labute approximate surface area is 157 Å². The Morgan fingerprint density at radius 1 is 1.24 bits per heavy atom. The second-order valence-electron chi connectivity index (χ2n) is 7.58. The van der Waals surface area contributed by atoms with Crippen LogP contribution in [-0.4, -0.2) is 29.4 Å². The van der Waals surface area contributed by atoms with Gasteiger partial charge in [-0.1, -0.05) is 23.8 Å². The van der Waals surface area contributed by atoms with Crippen molar-refractivity contribution in [2.24, 2.45) is 5.41 Å². The third-order valence-electron chi connectivity index (χ3n) is 6.37. The predicted octanol–water partition coefficient (Wildman–Crippen LogP) is 4.03. The highest BCUT2D eigenvalue weighted by molar-refractivity contribution is 7.91. The van der Waals surface area contributed by atoms with Gasteiger partial charge in [0.05, 0.1) is 20.9 Å². The number of aryl methyl sites for hydroxylation is 1. The fourth-order valence-corrected chi connectivity index (χ4v) is 8.63. The number of halogens is 2. The number of rotatable bonds is 3. The first-order valence-corrected chi connectivity index (χ1v) is 10.9. The quantitative estimate of drug-likeness (QED) is 0.739. The number of benzene rings is 1. The lowest BCUT2D eigenvalue weighted by Crippen LogP contribution is -2.55. The van der Waals surface area contributed by atoms with E-state index in [1.54, 1.807) is 18.3 Å². The Bertz CT molecular complexity index is 987. The lowest BCUT2D eigenvalue weighted by atomic mass is 9.61. The Morgan fingerprint density at radius 2 is 1.96 bits per heavy atom. The Balaban J connectivity index is 1.50. The smallest absolute Gasteiger partial charge is 0.180 e. The largest absolute Gasteiger partial charge is 0.261 e. The van der Waals surface area contributed by atoms with Crippen molar-refractivity contribution in [2.75, 3.05) is 5.75 Å². The maximum Gasteiger partial charge on any atom is 0.180 e. The number of alkyl halides is 2. The van der Waals surface area contributed by atoms with Crippen molar-refractivity contribution in [1.29, 1.82) is 0 Å². The summed E-state index contributed by atoms with van der Waals surface area (Å²) in [4.78, 5) is 4.01. The third-order valence-corrected chi connectivity index (χ3v) is 9.62. The molecule has 130 valence electrons. The molecule has 6 heteroatoms. The fourth-order valence-electron chi connectivity index (χ4n) is 5.18. The fraction of sp³-hybridized carbons (Fsp3) is 0.421. The minimum atomic E-state index is -3.47.